The molecule has 1 aromatic heterocycles. The van der Waals surface area contributed by atoms with E-state index in [9.17, 15) is 17.6 Å². The zero-order chi connectivity index (χ0) is 22.0. The van der Waals surface area contributed by atoms with Gasteiger partial charge in [0, 0.05) is 17.6 Å². The van der Waals surface area contributed by atoms with E-state index in [0.29, 0.717) is 23.0 Å². The summed E-state index contributed by atoms with van der Waals surface area (Å²) in [5.74, 6) is -0.589. The number of benzene rings is 2. The van der Waals surface area contributed by atoms with E-state index >= 15 is 0 Å². The molecule has 1 atom stereocenters. The van der Waals surface area contributed by atoms with Gasteiger partial charge in [0.2, 0.25) is 5.91 Å². The average molecular weight is 461 g/mol. The third kappa shape index (κ3) is 4.77. The van der Waals surface area contributed by atoms with E-state index in [-0.39, 0.29) is 18.2 Å². The topological polar surface area (TPSA) is 76.6 Å². The lowest BCUT2D eigenvalue weighted by atomic mass is 10.2. The summed E-state index contributed by atoms with van der Waals surface area (Å²) in [4.78, 5) is 18.8. The third-order valence-electron chi connectivity index (χ3n) is 5.16. The standard InChI is InChI=1S/C22H21FN2O4S2/c1-15(22(26)25-11-10-16-4-2-3-5-20(16)25)31(27,28)14-18-13-30-21(24-18)12-29-19-8-6-17(23)7-9-19/h2-9,13,15H,10-12,14H2,1H3. The number of rotatable bonds is 7. The van der Waals surface area contributed by atoms with Crippen LogP contribution >= 0.6 is 11.3 Å². The van der Waals surface area contributed by atoms with E-state index in [0.717, 1.165) is 17.7 Å². The Hall–Kier alpha value is -2.78. The van der Waals surface area contributed by atoms with E-state index in [2.05, 4.69) is 4.98 Å². The Morgan fingerprint density at radius 3 is 2.74 bits per heavy atom. The monoisotopic (exact) mass is 460 g/mol. The van der Waals surface area contributed by atoms with Crippen LogP contribution in [0.4, 0.5) is 10.1 Å². The Kier molecular flexibility index (Phi) is 6.06. The lowest BCUT2D eigenvalue weighted by Gasteiger charge is -2.21. The van der Waals surface area contributed by atoms with Crippen LogP contribution in [0.5, 0.6) is 5.75 Å². The molecule has 0 radical (unpaired) electrons. The van der Waals surface area contributed by atoms with E-state index in [1.165, 1.54) is 42.5 Å². The lowest BCUT2D eigenvalue weighted by molar-refractivity contribution is -0.117. The van der Waals surface area contributed by atoms with E-state index in [1.54, 1.807) is 10.3 Å². The van der Waals surface area contributed by atoms with Crippen molar-refractivity contribution in [3.8, 4) is 5.75 Å². The minimum Gasteiger partial charge on any atom is -0.486 e. The second kappa shape index (κ2) is 8.76. The fourth-order valence-corrected chi connectivity index (χ4v) is 5.48. The number of thiazole rings is 1. The van der Waals surface area contributed by atoms with Crippen LogP contribution in [-0.2, 0) is 33.4 Å². The van der Waals surface area contributed by atoms with Gasteiger partial charge in [-0.25, -0.2) is 17.8 Å². The molecule has 1 amide bonds. The first-order valence-corrected chi connectivity index (χ1v) is 12.4. The summed E-state index contributed by atoms with van der Waals surface area (Å²) in [7, 11) is -3.74. The van der Waals surface area contributed by atoms with Gasteiger partial charge in [0.15, 0.2) is 9.84 Å². The maximum atomic E-state index is 13.0. The van der Waals surface area contributed by atoms with Gasteiger partial charge < -0.3 is 9.64 Å². The molecule has 1 aliphatic heterocycles. The van der Waals surface area contributed by atoms with Gasteiger partial charge in [-0.15, -0.1) is 11.3 Å². The van der Waals surface area contributed by atoms with Gasteiger partial charge in [-0.05, 0) is 49.2 Å². The number of carbonyl (C=O) groups is 1. The molecule has 0 N–H and O–H groups in total. The molecule has 4 rings (SSSR count). The highest BCUT2D eigenvalue weighted by molar-refractivity contribution is 7.92. The molecule has 9 heteroatoms. The number of para-hydroxylation sites is 1. The van der Waals surface area contributed by atoms with Crippen LogP contribution in [0.1, 0.15) is 23.2 Å². The number of ether oxygens (including phenoxy) is 1. The van der Waals surface area contributed by atoms with Crippen LogP contribution in [0.3, 0.4) is 0 Å². The van der Waals surface area contributed by atoms with Gasteiger partial charge in [-0.1, -0.05) is 18.2 Å². The Balaban J connectivity index is 1.39. The van der Waals surface area contributed by atoms with Crippen molar-refractivity contribution in [2.75, 3.05) is 11.4 Å². The summed E-state index contributed by atoms with van der Waals surface area (Å²) < 4.78 is 44.3. The van der Waals surface area contributed by atoms with Gasteiger partial charge in [0.1, 0.15) is 28.4 Å². The Morgan fingerprint density at radius 2 is 1.97 bits per heavy atom. The van der Waals surface area contributed by atoms with Crippen LogP contribution < -0.4 is 9.64 Å². The fraction of sp³-hybridized carbons (Fsp3) is 0.273. The summed E-state index contributed by atoms with van der Waals surface area (Å²) in [6.45, 7) is 2.07. The summed E-state index contributed by atoms with van der Waals surface area (Å²) in [6, 6.07) is 13.2. The van der Waals surface area contributed by atoms with E-state index in [1.807, 2.05) is 24.3 Å². The molecule has 1 unspecified atom stereocenters. The van der Waals surface area contributed by atoms with E-state index < -0.39 is 21.0 Å². The first-order valence-electron chi connectivity index (χ1n) is 9.76. The molecule has 2 aromatic carbocycles. The second-order valence-electron chi connectivity index (χ2n) is 7.29. The molecule has 6 nitrogen and oxygen atoms in total. The largest absolute Gasteiger partial charge is 0.486 e. The average Bonchev–Trinajstić information content (AvgIpc) is 3.38. The number of aromatic nitrogens is 1. The number of amides is 1. The Bertz CT molecular complexity index is 1190. The van der Waals surface area contributed by atoms with Crippen molar-refractivity contribution >= 4 is 32.8 Å². The van der Waals surface area contributed by atoms with Crippen molar-refractivity contribution < 1.29 is 22.3 Å². The highest BCUT2D eigenvalue weighted by atomic mass is 32.2. The third-order valence-corrected chi connectivity index (χ3v) is 8.01. The molecule has 0 saturated carbocycles. The van der Waals surface area contributed by atoms with Gasteiger partial charge in [-0.2, -0.15) is 0 Å². The van der Waals surface area contributed by atoms with Crippen LogP contribution in [0.25, 0.3) is 0 Å². The number of halogens is 1. The van der Waals surface area contributed by atoms with Gasteiger partial charge in [0.25, 0.3) is 0 Å². The quantitative estimate of drug-likeness (QED) is 0.537. The number of nitrogens with zero attached hydrogens (tertiary/aromatic N) is 2. The molecule has 0 bridgehead atoms. The first-order chi connectivity index (χ1) is 14.8. The maximum absolute atomic E-state index is 13.0. The molecule has 31 heavy (non-hydrogen) atoms. The molecular formula is C22H21FN2O4S2. The van der Waals surface area contributed by atoms with Crippen molar-refractivity contribution in [3.05, 3.63) is 76.0 Å². The second-order valence-corrected chi connectivity index (χ2v) is 10.6. The molecule has 1 aliphatic rings. The summed E-state index contributed by atoms with van der Waals surface area (Å²) in [6.07, 6.45) is 0.720. The number of carbonyl (C=O) groups excluding carboxylic acids is 1. The Morgan fingerprint density at radius 1 is 1.23 bits per heavy atom. The normalized spacial score (nSPS) is 14.3. The van der Waals surface area contributed by atoms with Gasteiger partial charge in [0.05, 0.1) is 11.4 Å². The molecule has 3 aromatic rings. The fourth-order valence-electron chi connectivity index (χ4n) is 3.43. The molecule has 0 fully saturated rings. The summed E-state index contributed by atoms with van der Waals surface area (Å²) >= 11 is 1.28. The van der Waals surface area contributed by atoms with Crippen molar-refractivity contribution in [2.45, 2.75) is 31.0 Å². The smallest absolute Gasteiger partial charge is 0.245 e. The molecular weight excluding hydrogens is 439 g/mol. The molecule has 2 heterocycles. The van der Waals surface area contributed by atoms with Crippen molar-refractivity contribution in [3.63, 3.8) is 0 Å². The van der Waals surface area contributed by atoms with Crippen molar-refractivity contribution in [2.24, 2.45) is 0 Å². The number of anilines is 1. The molecule has 0 aliphatic carbocycles. The van der Waals surface area contributed by atoms with Crippen LogP contribution in [0.2, 0.25) is 0 Å². The highest BCUT2D eigenvalue weighted by Crippen LogP contribution is 2.29. The summed E-state index contributed by atoms with van der Waals surface area (Å²) in [5.41, 5.74) is 2.21. The first kappa shape index (κ1) is 21.5. The predicted molar refractivity (Wildman–Crippen MR) is 117 cm³/mol. The van der Waals surface area contributed by atoms with Gasteiger partial charge >= 0.3 is 0 Å². The number of sulfone groups is 1. The molecule has 0 saturated heterocycles. The summed E-state index contributed by atoms with van der Waals surface area (Å²) in [5, 5.41) is 1.09. The van der Waals surface area contributed by atoms with Gasteiger partial charge in [-0.3, -0.25) is 4.79 Å². The van der Waals surface area contributed by atoms with E-state index in [4.69, 9.17) is 4.74 Å². The number of fused-ring (bicyclic) bond motifs is 1. The van der Waals surface area contributed by atoms with Crippen molar-refractivity contribution in [1.29, 1.82) is 0 Å². The lowest BCUT2D eigenvalue weighted by Crippen LogP contribution is -2.41. The van der Waals surface area contributed by atoms with Crippen LogP contribution in [0, 0.1) is 5.82 Å². The zero-order valence-corrected chi connectivity index (χ0v) is 18.5. The molecule has 162 valence electrons. The minimum atomic E-state index is -3.74. The van der Waals surface area contributed by atoms with Crippen LogP contribution in [0.15, 0.2) is 53.9 Å². The maximum Gasteiger partial charge on any atom is 0.245 e. The number of hydrogen-bond acceptors (Lipinski definition) is 6. The van der Waals surface area contributed by atoms with Crippen LogP contribution in [-0.4, -0.2) is 31.1 Å². The Labute approximate surface area is 184 Å². The minimum absolute atomic E-state index is 0.148. The number of hydrogen-bond donors (Lipinski definition) is 0. The SMILES string of the molecule is CC(C(=O)N1CCc2ccccc21)S(=O)(=O)Cc1csc(COc2ccc(F)cc2)n1. The molecule has 0 spiro atoms. The highest BCUT2D eigenvalue weighted by Gasteiger charge is 2.35. The van der Waals surface area contributed by atoms with Crippen molar-refractivity contribution in [1.82, 2.24) is 4.98 Å². The zero-order valence-electron chi connectivity index (χ0n) is 16.8. The predicted octanol–water partition coefficient (Wildman–Crippen LogP) is 3.75.